The van der Waals surface area contributed by atoms with E-state index in [1.807, 2.05) is 39.0 Å². The molecule has 6 nitrogen and oxygen atoms in total. The maximum Gasteiger partial charge on any atom is 0.408 e. The zero-order valence-corrected chi connectivity index (χ0v) is 15.8. The van der Waals surface area contributed by atoms with Crippen LogP contribution >= 0.6 is 0 Å². The van der Waals surface area contributed by atoms with Crippen LogP contribution in [-0.2, 0) is 11.2 Å². The minimum absolute atomic E-state index is 0.121. The summed E-state index contributed by atoms with van der Waals surface area (Å²) in [5, 5.41) is 2.89. The first kappa shape index (κ1) is 19.0. The molecule has 1 unspecified atom stereocenters. The van der Waals surface area contributed by atoms with Crippen LogP contribution in [0.4, 0.5) is 4.79 Å². The molecule has 1 aliphatic carbocycles. The van der Waals surface area contributed by atoms with Crippen molar-refractivity contribution in [3.63, 3.8) is 0 Å². The van der Waals surface area contributed by atoms with E-state index in [4.69, 9.17) is 18.9 Å². The number of alkyl carbamates (subject to hydrolysis) is 1. The van der Waals surface area contributed by atoms with Crippen molar-refractivity contribution in [1.82, 2.24) is 5.32 Å². The van der Waals surface area contributed by atoms with Gasteiger partial charge in [-0.3, -0.25) is 0 Å². The van der Waals surface area contributed by atoms with E-state index in [-0.39, 0.29) is 6.04 Å². The van der Waals surface area contributed by atoms with Crippen LogP contribution in [0.25, 0.3) is 6.08 Å². The van der Waals surface area contributed by atoms with Crippen molar-refractivity contribution in [2.45, 2.75) is 45.3 Å². The standard InChI is InChI=1S/C19H27NO5/c1-19(2,3)25-18(21)20-13-8-7-12-11-15(22-4)17(24-6)16(23-5)14(12)10-9-13/h7-8,11,13H,9-10H2,1-6H3,(H,20,21). The fourth-order valence-corrected chi connectivity index (χ4v) is 2.84. The monoisotopic (exact) mass is 349 g/mol. The molecule has 0 spiro atoms. The highest BCUT2D eigenvalue weighted by molar-refractivity contribution is 5.71. The Balaban J connectivity index is 2.24. The number of fused-ring (bicyclic) bond motifs is 1. The normalized spacial score (nSPS) is 16.5. The summed E-state index contributed by atoms with van der Waals surface area (Å²) in [6.45, 7) is 5.53. The summed E-state index contributed by atoms with van der Waals surface area (Å²) in [4.78, 5) is 12.0. The number of hydrogen-bond donors (Lipinski definition) is 1. The van der Waals surface area contributed by atoms with Gasteiger partial charge in [0.15, 0.2) is 11.5 Å². The van der Waals surface area contributed by atoms with Crippen LogP contribution in [-0.4, -0.2) is 39.1 Å². The summed E-state index contributed by atoms with van der Waals surface area (Å²) in [7, 11) is 4.80. The summed E-state index contributed by atoms with van der Waals surface area (Å²) in [6.07, 6.45) is 4.96. The predicted octanol–water partition coefficient (Wildman–Crippen LogP) is 3.57. The number of ether oxygens (including phenoxy) is 4. The van der Waals surface area contributed by atoms with Crippen LogP contribution in [0.5, 0.6) is 17.2 Å². The summed E-state index contributed by atoms with van der Waals surface area (Å²) in [6, 6.07) is 1.80. The maximum atomic E-state index is 12.0. The molecule has 0 heterocycles. The molecule has 1 aliphatic rings. The molecular weight excluding hydrogens is 322 g/mol. The molecule has 0 bridgehead atoms. The molecule has 6 heteroatoms. The Hall–Kier alpha value is -2.37. The van der Waals surface area contributed by atoms with E-state index in [0.717, 1.165) is 24.0 Å². The molecular formula is C19H27NO5. The Morgan fingerprint density at radius 2 is 1.80 bits per heavy atom. The number of rotatable bonds is 4. The highest BCUT2D eigenvalue weighted by atomic mass is 16.6. The fraction of sp³-hybridized carbons (Fsp3) is 0.526. The highest BCUT2D eigenvalue weighted by Crippen LogP contribution is 2.43. The van der Waals surface area contributed by atoms with Gasteiger partial charge in [0, 0.05) is 5.56 Å². The minimum atomic E-state index is -0.522. The second-order valence-electron chi connectivity index (χ2n) is 6.86. The van der Waals surface area contributed by atoms with Gasteiger partial charge in [0.05, 0.1) is 27.4 Å². The van der Waals surface area contributed by atoms with Crippen molar-refractivity contribution in [3.8, 4) is 17.2 Å². The van der Waals surface area contributed by atoms with E-state index >= 15 is 0 Å². The molecule has 1 N–H and O–H groups in total. The van der Waals surface area contributed by atoms with Crippen LogP contribution in [0.2, 0.25) is 0 Å². The van der Waals surface area contributed by atoms with Gasteiger partial charge in [-0.25, -0.2) is 4.79 Å². The van der Waals surface area contributed by atoms with Crippen LogP contribution in [0.3, 0.4) is 0 Å². The summed E-state index contributed by atoms with van der Waals surface area (Å²) >= 11 is 0. The lowest BCUT2D eigenvalue weighted by Gasteiger charge is -2.22. The van der Waals surface area contributed by atoms with Crippen molar-refractivity contribution in [2.75, 3.05) is 21.3 Å². The first-order valence-corrected chi connectivity index (χ1v) is 8.28. The lowest BCUT2D eigenvalue weighted by molar-refractivity contribution is 0.0513. The molecule has 1 amide bonds. The van der Waals surface area contributed by atoms with Gasteiger partial charge in [0.1, 0.15) is 5.60 Å². The fourth-order valence-electron chi connectivity index (χ4n) is 2.84. The molecule has 0 saturated heterocycles. The van der Waals surface area contributed by atoms with E-state index in [9.17, 15) is 4.79 Å². The van der Waals surface area contributed by atoms with Crippen molar-refractivity contribution >= 4 is 12.2 Å². The Morgan fingerprint density at radius 3 is 2.36 bits per heavy atom. The Bertz CT molecular complexity index is 661. The summed E-state index contributed by atoms with van der Waals surface area (Å²) < 4.78 is 21.7. The number of benzene rings is 1. The number of nitrogens with one attached hydrogen (secondary N) is 1. The van der Waals surface area contributed by atoms with Crippen molar-refractivity contribution in [2.24, 2.45) is 0 Å². The molecule has 138 valence electrons. The Morgan fingerprint density at radius 1 is 1.12 bits per heavy atom. The maximum absolute atomic E-state index is 12.0. The van der Waals surface area contributed by atoms with E-state index < -0.39 is 11.7 Å². The van der Waals surface area contributed by atoms with Gasteiger partial charge < -0.3 is 24.3 Å². The first-order chi connectivity index (χ1) is 11.8. The van der Waals surface area contributed by atoms with Crippen molar-refractivity contribution in [1.29, 1.82) is 0 Å². The quantitative estimate of drug-likeness (QED) is 0.900. The molecule has 0 aliphatic heterocycles. The average molecular weight is 349 g/mol. The van der Waals surface area contributed by atoms with E-state index in [0.29, 0.717) is 17.2 Å². The third-order valence-electron chi connectivity index (χ3n) is 3.88. The van der Waals surface area contributed by atoms with E-state index in [1.54, 1.807) is 21.3 Å². The number of hydrogen-bond acceptors (Lipinski definition) is 5. The molecule has 0 aromatic heterocycles. The molecule has 1 aromatic carbocycles. The van der Waals surface area contributed by atoms with Gasteiger partial charge in [0.25, 0.3) is 0 Å². The topological polar surface area (TPSA) is 66.0 Å². The van der Waals surface area contributed by atoms with Gasteiger partial charge in [0.2, 0.25) is 5.75 Å². The predicted molar refractivity (Wildman–Crippen MR) is 96.6 cm³/mol. The third kappa shape index (κ3) is 4.59. The zero-order chi connectivity index (χ0) is 18.6. The smallest absolute Gasteiger partial charge is 0.408 e. The Kier molecular flexibility index (Phi) is 5.82. The lowest BCUT2D eigenvalue weighted by atomic mass is 10.0. The SMILES string of the molecule is COc1cc2c(c(OC)c1OC)CCC(NC(=O)OC(C)(C)C)C=C2. The third-order valence-corrected chi connectivity index (χ3v) is 3.88. The number of carbonyl (C=O) groups is 1. The molecule has 1 aromatic rings. The van der Waals surface area contributed by atoms with E-state index in [2.05, 4.69) is 5.32 Å². The molecule has 2 rings (SSSR count). The van der Waals surface area contributed by atoms with Crippen LogP contribution in [0, 0.1) is 0 Å². The highest BCUT2D eigenvalue weighted by Gasteiger charge is 2.24. The first-order valence-electron chi connectivity index (χ1n) is 8.28. The van der Waals surface area contributed by atoms with E-state index in [1.165, 1.54) is 0 Å². The number of methoxy groups -OCH3 is 3. The summed E-state index contributed by atoms with van der Waals surface area (Å²) in [5.74, 6) is 1.86. The van der Waals surface area contributed by atoms with Crippen LogP contribution in [0.15, 0.2) is 12.1 Å². The molecule has 0 saturated carbocycles. The number of carbonyl (C=O) groups excluding carboxylic acids is 1. The van der Waals surface area contributed by atoms with Crippen molar-refractivity contribution < 1.29 is 23.7 Å². The zero-order valence-electron chi connectivity index (χ0n) is 15.8. The molecule has 0 fully saturated rings. The van der Waals surface area contributed by atoms with Gasteiger partial charge in [-0.1, -0.05) is 12.2 Å². The summed E-state index contributed by atoms with van der Waals surface area (Å²) in [5.41, 5.74) is 1.50. The van der Waals surface area contributed by atoms with Gasteiger partial charge in [-0.2, -0.15) is 0 Å². The Labute approximate surface area is 149 Å². The van der Waals surface area contributed by atoms with Crippen molar-refractivity contribution in [3.05, 3.63) is 23.3 Å². The minimum Gasteiger partial charge on any atom is -0.493 e. The second kappa shape index (κ2) is 7.68. The lowest BCUT2D eigenvalue weighted by Crippen LogP contribution is -2.38. The second-order valence-corrected chi connectivity index (χ2v) is 6.86. The van der Waals surface area contributed by atoms with Crippen LogP contribution in [0.1, 0.15) is 38.3 Å². The largest absolute Gasteiger partial charge is 0.493 e. The van der Waals surface area contributed by atoms with Gasteiger partial charge >= 0.3 is 6.09 Å². The van der Waals surface area contributed by atoms with Gasteiger partial charge in [-0.15, -0.1) is 0 Å². The molecule has 0 radical (unpaired) electrons. The van der Waals surface area contributed by atoms with Gasteiger partial charge in [-0.05, 0) is 45.2 Å². The molecule has 1 atom stereocenters. The number of amides is 1. The van der Waals surface area contributed by atoms with Crippen LogP contribution < -0.4 is 19.5 Å². The average Bonchev–Trinajstić information content (AvgIpc) is 2.73. The molecule has 25 heavy (non-hydrogen) atoms.